The van der Waals surface area contributed by atoms with Gasteiger partial charge in [0.15, 0.2) is 11.6 Å². The van der Waals surface area contributed by atoms with E-state index in [-0.39, 0.29) is 55.0 Å². The molecule has 3 aliphatic heterocycles. The molecule has 3 amide bonds. The highest BCUT2D eigenvalue weighted by Crippen LogP contribution is 2.34. The molecule has 0 bridgehead atoms. The van der Waals surface area contributed by atoms with Crippen LogP contribution in [0.5, 0.6) is 0 Å². The second kappa shape index (κ2) is 16.8. The van der Waals surface area contributed by atoms with Crippen molar-refractivity contribution in [1.29, 1.82) is 0 Å². The molecule has 294 valence electrons. The first kappa shape index (κ1) is 39.7. The Bertz CT molecular complexity index is 1740. The molecule has 3 fully saturated rings. The van der Waals surface area contributed by atoms with Crippen LogP contribution in [0.2, 0.25) is 0 Å². The minimum atomic E-state index is -0.805. The number of benzene rings is 1. The van der Waals surface area contributed by atoms with E-state index in [1.54, 1.807) is 16.2 Å². The Morgan fingerprint density at radius 2 is 1.65 bits per heavy atom. The van der Waals surface area contributed by atoms with E-state index in [0.29, 0.717) is 24.7 Å². The number of likely N-dealkylation sites (tertiary alicyclic amines) is 2. The van der Waals surface area contributed by atoms with Crippen LogP contribution in [0.25, 0.3) is 10.4 Å². The number of aromatic nitrogens is 2. The molecule has 0 spiro atoms. The average Bonchev–Trinajstić information content (AvgIpc) is 3.88. The summed E-state index contributed by atoms with van der Waals surface area (Å²) in [5, 5.41) is 18.1. The van der Waals surface area contributed by atoms with Crippen LogP contribution in [-0.4, -0.2) is 106 Å². The van der Waals surface area contributed by atoms with E-state index in [0.717, 1.165) is 60.5 Å². The number of amides is 3. The summed E-state index contributed by atoms with van der Waals surface area (Å²) in [5.41, 5.74) is 4.32. The van der Waals surface area contributed by atoms with Gasteiger partial charge in [-0.1, -0.05) is 43.3 Å². The average molecular weight is 765 g/mol. The number of nitrogens with one attached hydrogen (secondary N) is 1. The molecule has 3 saturated heterocycles. The van der Waals surface area contributed by atoms with Gasteiger partial charge in [0.05, 0.1) is 40.4 Å². The van der Waals surface area contributed by atoms with E-state index in [2.05, 4.69) is 20.4 Å². The first-order chi connectivity index (χ1) is 25.7. The molecule has 3 aliphatic rings. The normalized spacial score (nSPS) is 21.4. The van der Waals surface area contributed by atoms with E-state index in [1.165, 1.54) is 4.90 Å². The van der Waals surface area contributed by atoms with Crippen molar-refractivity contribution in [2.24, 2.45) is 5.92 Å². The quantitative estimate of drug-likeness (QED) is 0.249. The lowest BCUT2D eigenvalue weighted by Gasteiger charge is -2.37. The SMILES string of the molecule is Cc1ncsc1-c1ccc([C@H](C)NC(=O)[C@@H]2C[C@@H](O)CN2C(=O)[C@@H](c2cc(N3CCC(OC4CCN(C(=O)OC(C)(C)C)CC4)CC3)no2)C(C)C)cc1. The van der Waals surface area contributed by atoms with Gasteiger partial charge in [-0.3, -0.25) is 9.59 Å². The largest absolute Gasteiger partial charge is 0.444 e. The zero-order chi connectivity index (χ0) is 38.7. The summed E-state index contributed by atoms with van der Waals surface area (Å²) in [6.07, 6.45) is 2.56. The highest BCUT2D eigenvalue weighted by Gasteiger charge is 2.44. The Morgan fingerprint density at radius 1 is 1.00 bits per heavy atom. The maximum Gasteiger partial charge on any atom is 0.410 e. The molecule has 0 saturated carbocycles. The summed E-state index contributed by atoms with van der Waals surface area (Å²) in [6, 6.07) is 8.80. The third kappa shape index (κ3) is 9.43. The van der Waals surface area contributed by atoms with Crippen LogP contribution in [0.3, 0.4) is 0 Å². The lowest BCUT2D eigenvalue weighted by molar-refractivity contribution is -0.141. The van der Waals surface area contributed by atoms with E-state index in [9.17, 15) is 19.5 Å². The number of aliphatic hydroxyl groups excluding tert-OH is 1. The fourth-order valence-corrected chi connectivity index (χ4v) is 8.50. The van der Waals surface area contributed by atoms with Crippen molar-refractivity contribution in [2.45, 2.75) is 122 Å². The van der Waals surface area contributed by atoms with Crippen LogP contribution >= 0.6 is 11.3 Å². The minimum Gasteiger partial charge on any atom is -0.444 e. The molecule has 13 nitrogen and oxygen atoms in total. The number of hydrogen-bond acceptors (Lipinski definition) is 11. The topological polar surface area (TPSA) is 151 Å². The Balaban J connectivity index is 1.02. The van der Waals surface area contributed by atoms with Gasteiger partial charge in [-0.15, -0.1) is 11.3 Å². The van der Waals surface area contributed by atoms with Crippen molar-refractivity contribution in [1.82, 2.24) is 25.3 Å². The molecule has 5 heterocycles. The fourth-order valence-electron chi connectivity index (χ4n) is 7.68. The molecule has 0 aliphatic carbocycles. The van der Waals surface area contributed by atoms with Crippen molar-refractivity contribution in [3.8, 4) is 10.4 Å². The maximum atomic E-state index is 14.2. The second-order valence-electron chi connectivity index (χ2n) is 16.3. The Kier molecular flexibility index (Phi) is 12.3. The number of β-amino-alcohol motifs (C(OH)–C–C–N with tert-alkyl or cyclic N) is 1. The number of aliphatic hydroxyl groups is 1. The van der Waals surface area contributed by atoms with Gasteiger partial charge in [0, 0.05) is 45.2 Å². The predicted octanol–water partition coefficient (Wildman–Crippen LogP) is 6.07. The molecule has 2 N–H and O–H groups in total. The monoisotopic (exact) mass is 764 g/mol. The van der Waals surface area contributed by atoms with Gasteiger partial charge in [0.1, 0.15) is 17.6 Å². The summed E-state index contributed by atoms with van der Waals surface area (Å²) < 4.78 is 17.8. The molecule has 54 heavy (non-hydrogen) atoms. The minimum absolute atomic E-state index is 0.0754. The van der Waals surface area contributed by atoms with Gasteiger partial charge >= 0.3 is 6.09 Å². The van der Waals surface area contributed by atoms with Crippen molar-refractivity contribution in [2.75, 3.05) is 37.6 Å². The van der Waals surface area contributed by atoms with E-state index in [1.807, 2.05) is 84.3 Å². The zero-order valence-corrected chi connectivity index (χ0v) is 33.4. The summed E-state index contributed by atoms with van der Waals surface area (Å²) >= 11 is 1.59. The third-order valence-corrected chi connectivity index (χ3v) is 11.6. The number of aryl methyl sites for hydroxylation is 1. The van der Waals surface area contributed by atoms with Crippen LogP contribution in [0.1, 0.15) is 103 Å². The summed E-state index contributed by atoms with van der Waals surface area (Å²) in [4.78, 5) is 51.2. The first-order valence-corrected chi connectivity index (χ1v) is 20.2. The van der Waals surface area contributed by atoms with Gasteiger partial charge in [0.2, 0.25) is 11.8 Å². The molecular formula is C40H56N6O7S. The number of ether oxygens (including phenoxy) is 2. The molecule has 6 rings (SSSR count). The van der Waals surface area contributed by atoms with E-state index in [4.69, 9.17) is 14.0 Å². The van der Waals surface area contributed by atoms with E-state index >= 15 is 0 Å². The molecule has 4 atom stereocenters. The van der Waals surface area contributed by atoms with Gasteiger partial charge in [-0.2, -0.15) is 0 Å². The molecule has 1 aromatic carbocycles. The van der Waals surface area contributed by atoms with Crippen LogP contribution < -0.4 is 10.2 Å². The lowest BCUT2D eigenvalue weighted by Crippen LogP contribution is -2.48. The summed E-state index contributed by atoms with van der Waals surface area (Å²) in [7, 11) is 0. The highest BCUT2D eigenvalue weighted by atomic mass is 32.1. The summed E-state index contributed by atoms with van der Waals surface area (Å²) in [5.74, 6) is -0.237. The van der Waals surface area contributed by atoms with Crippen LogP contribution in [-0.2, 0) is 19.1 Å². The van der Waals surface area contributed by atoms with E-state index < -0.39 is 23.7 Å². The van der Waals surface area contributed by atoms with Crippen molar-refractivity contribution in [3.05, 3.63) is 52.9 Å². The Labute approximate surface area is 322 Å². The number of thiazole rings is 1. The van der Waals surface area contributed by atoms with Crippen LogP contribution in [0.4, 0.5) is 10.6 Å². The number of piperidine rings is 2. The first-order valence-electron chi connectivity index (χ1n) is 19.3. The standard InChI is InChI=1S/C40H56N6O7S/c1-24(2)35(33-21-34(43-53-33)44-16-12-30(13-17-44)51-31-14-18-45(19-15-31)39(50)52-40(5,6)7)38(49)46-22-29(47)20-32(46)37(48)42-25(3)27-8-10-28(11-9-27)36-26(4)41-23-54-36/h8-11,21,23-25,29-32,35,47H,12-20,22H2,1-7H3,(H,42,48)/t25-,29+,32-,35+/m0/s1. The van der Waals surface area contributed by atoms with Gasteiger partial charge in [-0.25, -0.2) is 9.78 Å². The van der Waals surface area contributed by atoms with Crippen LogP contribution in [0.15, 0.2) is 40.4 Å². The summed E-state index contributed by atoms with van der Waals surface area (Å²) in [6.45, 7) is 16.2. The molecule has 0 radical (unpaired) electrons. The number of anilines is 1. The third-order valence-electron chi connectivity index (χ3n) is 10.6. The maximum absolute atomic E-state index is 14.2. The zero-order valence-electron chi connectivity index (χ0n) is 32.6. The van der Waals surface area contributed by atoms with Crippen molar-refractivity contribution < 1.29 is 33.5 Å². The Hall–Kier alpha value is -4.01. The lowest BCUT2D eigenvalue weighted by atomic mass is 9.91. The van der Waals surface area contributed by atoms with Crippen molar-refractivity contribution >= 4 is 35.1 Å². The molecule has 0 unspecified atom stereocenters. The number of hydrogen-bond donors (Lipinski definition) is 2. The number of carbonyl (C=O) groups is 3. The number of rotatable bonds is 10. The van der Waals surface area contributed by atoms with Gasteiger partial charge in [0.25, 0.3) is 0 Å². The van der Waals surface area contributed by atoms with Gasteiger partial charge in [-0.05, 0) is 77.3 Å². The molecular weight excluding hydrogens is 709 g/mol. The predicted molar refractivity (Wildman–Crippen MR) is 206 cm³/mol. The molecule has 3 aromatic rings. The van der Waals surface area contributed by atoms with Crippen LogP contribution in [0, 0.1) is 12.8 Å². The number of nitrogens with zero attached hydrogens (tertiary/aromatic N) is 5. The molecule has 2 aromatic heterocycles. The molecule has 14 heteroatoms. The fraction of sp³-hybridized carbons (Fsp3) is 0.625. The second-order valence-corrected chi connectivity index (χ2v) is 17.2. The Morgan fingerprint density at radius 3 is 2.24 bits per heavy atom. The van der Waals surface area contributed by atoms with Crippen molar-refractivity contribution in [3.63, 3.8) is 0 Å². The van der Waals surface area contributed by atoms with Gasteiger partial charge < -0.3 is 39.1 Å². The highest BCUT2D eigenvalue weighted by molar-refractivity contribution is 7.13. The smallest absolute Gasteiger partial charge is 0.410 e. The number of carbonyl (C=O) groups excluding carboxylic acids is 3.